The van der Waals surface area contributed by atoms with E-state index >= 15 is 0 Å². The van der Waals surface area contributed by atoms with Gasteiger partial charge in [0.25, 0.3) is 0 Å². The van der Waals surface area contributed by atoms with Crippen molar-refractivity contribution in [3.8, 4) is 11.5 Å². The lowest BCUT2D eigenvalue weighted by molar-refractivity contribution is -0.0575. The zero-order valence-corrected chi connectivity index (χ0v) is 14.4. The summed E-state index contributed by atoms with van der Waals surface area (Å²) >= 11 is 0. The molecule has 2 aliphatic heterocycles. The highest BCUT2D eigenvalue weighted by Gasteiger charge is 2.44. The third-order valence-electron chi connectivity index (χ3n) is 4.59. The van der Waals surface area contributed by atoms with Crippen LogP contribution in [0.15, 0.2) is 18.2 Å². The quantitative estimate of drug-likeness (QED) is 0.762. The van der Waals surface area contributed by atoms with Crippen molar-refractivity contribution in [2.75, 3.05) is 13.1 Å². The molecule has 1 spiro atoms. The molecule has 2 N–H and O–H groups in total. The summed E-state index contributed by atoms with van der Waals surface area (Å²) in [6, 6.07) is 5.02. The maximum absolute atomic E-state index is 12.2. The van der Waals surface area contributed by atoms with E-state index in [1.54, 1.807) is 23.1 Å². The molecule has 1 fully saturated rings. The molecule has 0 radical (unpaired) electrons. The van der Waals surface area contributed by atoms with Crippen LogP contribution in [0.25, 0.3) is 0 Å². The molecule has 132 valence electrons. The number of aliphatic hydroxyl groups is 1. The Morgan fingerprint density at radius 1 is 1.33 bits per heavy atom. The van der Waals surface area contributed by atoms with Gasteiger partial charge in [0.05, 0.1) is 11.7 Å². The first-order valence-electron chi connectivity index (χ1n) is 8.36. The molecule has 2 heterocycles. The smallest absolute Gasteiger partial charge is 0.410 e. The van der Waals surface area contributed by atoms with Gasteiger partial charge in [-0.05, 0) is 32.9 Å². The Balaban J connectivity index is 1.69. The monoisotopic (exact) mass is 335 g/mol. The minimum Gasteiger partial charge on any atom is -0.507 e. The van der Waals surface area contributed by atoms with Gasteiger partial charge in [0.1, 0.15) is 22.7 Å². The summed E-state index contributed by atoms with van der Waals surface area (Å²) in [7, 11) is 0. The Labute approximate surface area is 142 Å². The van der Waals surface area contributed by atoms with E-state index in [0.717, 1.165) is 0 Å². The molecule has 3 rings (SSSR count). The fourth-order valence-electron chi connectivity index (χ4n) is 3.42. The van der Waals surface area contributed by atoms with E-state index in [9.17, 15) is 15.0 Å². The number of phenols is 1. The summed E-state index contributed by atoms with van der Waals surface area (Å²) in [5, 5.41) is 20.4. The Morgan fingerprint density at radius 2 is 2.00 bits per heavy atom. The lowest BCUT2D eigenvalue weighted by Crippen LogP contribution is -2.52. The molecule has 0 aromatic heterocycles. The average molecular weight is 335 g/mol. The van der Waals surface area contributed by atoms with Gasteiger partial charge in [-0.25, -0.2) is 4.79 Å². The number of fused-ring (bicyclic) bond motifs is 1. The predicted molar refractivity (Wildman–Crippen MR) is 88.1 cm³/mol. The number of benzene rings is 1. The number of amides is 1. The SMILES string of the molecule is CC(C)(C)OC(=O)N1CCC2(CC1)C[C@H](O)c1c(O)cccc1O2. The Morgan fingerprint density at radius 3 is 2.62 bits per heavy atom. The third-order valence-corrected chi connectivity index (χ3v) is 4.59. The van der Waals surface area contributed by atoms with Crippen molar-refractivity contribution < 1.29 is 24.5 Å². The van der Waals surface area contributed by atoms with Crippen LogP contribution in [0.5, 0.6) is 11.5 Å². The second kappa shape index (κ2) is 5.84. The predicted octanol–water partition coefficient (Wildman–Crippen LogP) is 2.98. The summed E-state index contributed by atoms with van der Waals surface area (Å²) in [4.78, 5) is 13.9. The summed E-state index contributed by atoms with van der Waals surface area (Å²) in [6.45, 7) is 6.59. The van der Waals surface area contributed by atoms with Gasteiger partial charge in [-0.1, -0.05) is 6.07 Å². The van der Waals surface area contributed by atoms with Gasteiger partial charge < -0.3 is 24.6 Å². The first-order chi connectivity index (χ1) is 11.2. The molecule has 0 aliphatic carbocycles. The topological polar surface area (TPSA) is 79.2 Å². The first kappa shape index (κ1) is 16.9. The van der Waals surface area contributed by atoms with Crippen molar-refractivity contribution in [3.63, 3.8) is 0 Å². The van der Waals surface area contributed by atoms with E-state index in [1.165, 1.54) is 0 Å². The number of carbonyl (C=O) groups is 1. The van der Waals surface area contributed by atoms with E-state index < -0.39 is 17.3 Å². The van der Waals surface area contributed by atoms with E-state index in [-0.39, 0.29) is 11.8 Å². The second-order valence-electron chi connectivity index (χ2n) is 7.66. The second-order valence-corrected chi connectivity index (χ2v) is 7.66. The zero-order chi connectivity index (χ0) is 17.5. The molecule has 0 bridgehead atoms. The first-order valence-corrected chi connectivity index (χ1v) is 8.36. The zero-order valence-electron chi connectivity index (χ0n) is 14.4. The number of piperidine rings is 1. The highest BCUT2D eigenvalue weighted by molar-refractivity contribution is 5.68. The van der Waals surface area contributed by atoms with Gasteiger partial charge in [0.2, 0.25) is 0 Å². The van der Waals surface area contributed by atoms with Crippen molar-refractivity contribution in [2.45, 2.75) is 57.3 Å². The minimum absolute atomic E-state index is 0.0565. The van der Waals surface area contributed by atoms with Crippen LogP contribution in [-0.2, 0) is 4.74 Å². The number of hydrogen-bond acceptors (Lipinski definition) is 5. The van der Waals surface area contributed by atoms with Crippen LogP contribution in [0.4, 0.5) is 4.79 Å². The minimum atomic E-state index is -0.761. The molecular weight excluding hydrogens is 310 g/mol. The number of hydrogen-bond donors (Lipinski definition) is 2. The maximum Gasteiger partial charge on any atom is 0.410 e. The van der Waals surface area contributed by atoms with Crippen molar-refractivity contribution >= 4 is 6.09 Å². The molecular formula is C18H25NO5. The van der Waals surface area contributed by atoms with Gasteiger partial charge in [0.15, 0.2) is 0 Å². The number of rotatable bonds is 0. The van der Waals surface area contributed by atoms with Crippen LogP contribution in [-0.4, -0.2) is 45.5 Å². The summed E-state index contributed by atoms with van der Waals surface area (Å²) in [5.74, 6) is 0.584. The van der Waals surface area contributed by atoms with E-state index in [0.29, 0.717) is 43.7 Å². The third kappa shape index (κ3) is 3.29. The van der Waals surface area contributed by atoms with Gasteiger partial charge in [0, 0.05) is 32.4 Å². The van der Waals surface area contributed by atoms with Crippen LogP contribution in [0.3, 0.4) is 0 Å². The van der Waals surface area contributed by atoms with Crippen molar-refractivity contribution in [3.05, 3.63) is 23.8 Å². The standard InChI is InChI=1S/C18H25NO5/c1-17(2,3)24-16(22)19-9-7-18(8-10-19)11-13(21)15-12(20)5-4-6-14(15)23-18/h4-6,13,20-21H,7-11H2,1-3H3/t13-/m0/s1. The molecule has 0 unspecified atom stereocenters. The fourth-order valence-corrected chi connectivity index (χ4v) is 3.42. The number of likely N-dealkylation sites (tertiary alicyclic amines) is 1. The largest absolute Gasteiger partial charge is 0.507 e. The maximum atomic E-state index is 12.2. The van der Waals surface area contributed by atoms with Crippen LogP contribution in [0, 0.1) is 0 Å². The van der Waals surface area contributed by atoms with Gasteiger partial charge in [-0.15, -0.1) is 0 Å². The van der Waals surface area contributed by atoms with Crippen molar-refractivity contribution in [2.24, 2.45) is 0 Å². The molecule has 24 heavy (non-hydrogen) atoms. The molecule has 2 aliphatic rings. The molecule has 6 heteroatoms. The lowest BCUT2D eigenvalue weighted by atomic mass is 9.81. The van der Waals surface area contributed by atoms with E-state index in [1.807, 2.05) is 20.8 Å². The van der Waals surface area contributed by atoms with Crippen LogP contribution < -0.4 is 4.74 Å². The van der Waals surface area contributed by atoms with Crippen LogP contribution >= 0.6 is 0 Å². The molecule has 1 amide bonds. The van der Waals surface area contributed by atoms with Crippen LogP contribution in [0.2, 0.25) is 0 Å². The summed E-state index contributed by atoms with van der Waals surface area (Å²) in [5.41, 5.74) is -0.559. The Bertz CT molecular complexity index is 629. The van der Waals surface area contributed by atoms with Gasteiger partial charge in [-0.3, -0.25) is 0 Å². The van der Waals surface area contributed by atoms with Crippen LogP contribution in [0.1, 0.15) is 51.7 Å². The molecule has 1 atom stereocenters. The molecule has 1 aromatic carbocycles. The molecule has 1 aromatic rings. The van der Waals surface area contributed by atoms with Crippen molar-refractivity contribution in [1.29, 1.82) is 0 Å². The highest BCUT2D eigenvalue weighted by Crippen LogP contribution is 2.47. The summed E-state index contributed by atoms with van der Waals surface area (Å²) < 4.78 is 11.6. The average Bonchev–Trinajstić information content (AvgIpc) is 2.45. The van der Waals surface area contributed by atoms with Gasteiger partial charge >= 0.3 is 6.09 Å². The van der Waals surface area contributed by atoms with E-state index in [2.05, 4.69) is 0 Å². The number of nitrogens with zero attached hydrogens (tertiary/aromatic N) is 1. The van der Waals surface area contributed by atoms with Gasteiger partial charge in [-0.2, -0.15) is 0 Å². The Kier molecular flexibility index (Phi) is 4.11. The number of ether oxygens (including phenoxy) is 2. The molecule has 0 saturated carbocycles. The molecule has 6 nitrogen and oxygen atoms in total. The number of aromatic hydroxyl groups is 1. The Hall–Kier alpha value is -1.95. The normalized spacial score (nSPS) is 22.7. The highest BCUT2D eigenvalue weighted by atomic mass is 16.6. The number of aliphatic hydroxyl groups excluding tert-OH is 1. The summed E-state index contributed by atoms with van der Waals surface area (Å²) in [6.07, 6.45) is 0.589. The molecule has 1 saturated heterocycles. The lowest BCUT2D eigenvalue weighted by Gasteiger charge is -2.45. The van der Waals surface area contributed by atoms with Crippen molar-refractivity contribution in [1.82, 2.24) is 4.90 Å². The number of carbonyl (C=O) groups excluding carboxylic acids is 1. The van der Waals surface area contributed by atoms with E-state index in [4.69, 9.17) is 9.47 Å². The fraction of sp³-hybridized carbons (Fsp3) is 0.611. The number of phenolic OH excluding ortho intramolecular Hbond substituents is 1.